The van der Waals surface area contributed by atoms with Gasteiger partial charge in [-0.25, -0.2) is 0 Å². The lowest BCUT2D eigenvalue weighted by Gasteiger charge is -2.15. The lowest BCUT2D eigenvalue weighted by Crippen LogP contribution is -2.30. The van der Waals surface area contributed by atoms with E-state index in [4.69, 9.17) is 0 Å². The minimum absolute atomic E-state index is 0.0580. The molecule has 0 spiro atoms. The molecule has 0 bridgehead atoms. The van der Waals surface area contributed by atoms with Gasteiger partial charge in [-0.2, -0.15) is 0 Å². The van der Waals surface area contributed by atoms with Crippen LogP contribution in [-0.4, -0.2) is 35.4 Å². The van der Waals surface area contributed by atoms with Gasteiger partial charge in [0.25, 0.3) is 0 Å². The fraction of sp³-hybridized carbons (Fsp3) is 0.375. The maximum atomic E-state index is 12.2. The summed E-state index contributed by atoms with van der Waals surface area (Å²) in [5.74, 6) is 0.0580. The number of para-hydroxylation sites is 1. The van der Waals surface area contributed by atoms with Crippen LogP contribution in [0.2, 0.25) is 0 Å². The van der Waals surface area contributed by atoms with Gasteiger partial charge in [0.15, 0.2) is 0 Å². The van der Waals surface area contributed by atoms with Gasteiger partial charge in [-0.1, -0.05) is 18.2 Å². The molecule has 1 aliphatic rings. The van der Waals surface area contributed by atoms with Crippen LogP contribution >= 0.6 is 0 Å². The average Bonchev–Trinajstić information content (AvgIpc) is 2.91. The molecule has 1 aromatic heterocycles. The molecule has 1 saturated heterocycles. The summed E-state index contributed by atoms with van der Waals surface area (Å²) in [5.41, 5.74) is 2.70. The second kappa shape index (κ2) is 5.59. The van der Waals surface area contributed by atoms with Gasteiger partial charge in [0.2, 0.25) is 5.91 Å². The number of carbonyl (C=O) groups excluding carboxylic acids is 1. The zero-order valence-electron chi connectivity index (χ0n) is 11.7. The van der Waals surface area contributed by atoms with Gasteiger partial charge in [0.1, 0.15) is 0 Å². The third-order valence-electron chi connectivity index (χ3n) is 3.68. The van der Waals surface area contributed by atoms with Crippen LogP contribution in [0.1, 0.15) is 18.5 Å². The average molecular weight is 269 g/mol. The van der Waals surface area contributed by atoms with Crippen molar-refractivity contribution in [1.29, 1.82) is 0 Å². The number of likely N-dealkylation sites (tertiary alicyclic amines) is 1. The molecule has 1 aromatic carbocycles. The number of pyridine rings is 1. The van der Waals surface area contributed by atoms with E-state index in [-0.39, 0.29) is 5.91 Å². The van der Waals surface area contributed by atoms with E-state index in [2.05, 4.69) is 15.2 Å². The van der Waals surface area contributed by atoms with Gasteiger partial charge >= 0.3 is 0 Å². The molecule has 4 heteroatoms. The molecule has 0 unspecified atom stereocenters. The lowest BCUT2D eigenvalue weighted by atomic mass is 10.1. The summed E-state index contributed by atoms with van der Waals surface area (Å²) in [6, 6.07) is 9.83. The summed E-state index contributed by atoms with van der Waals surface area (Å²) >= 11 is 0. The Hall–Kier alpha value is -1.94. The number of nitrogens with one attached hydrogen (secondary N) is 1. The Morgan fingerprint density at radius 2 is 2.05 bits per heavy atom. The number of aromatic nitrogens is 1. The van der Waals surface area contributed by atoms with Crippen LogP contribution in [0.3, 0.4) is 0 Å². The molecule has 0 saturated carbocycles. The van der Waals surface area contributed by atoms with E-state index in [1.165, 1.54) is 12.8 Å². The van der Waals surface area contributed by atoms with E-state index in [0.717, 1.165) is 35.4 Å². The summed E-state index contributed by atoms with van der Waals surface area (Å²) in [5, 5.41) is 4.03. The van der Waals surface area contributed by atoms with E-state index in [9.17, 15) is 4.79 Å². The molecule has 1 aliphatic heterocycles. The molecule has 2 aromatic rings. The summed E-state index contributed by atoms with van der Waals surface area (Å²) in [6.45, 7) is 4.49. The van der Waals surface area contributed by atoms with Crippen molar-refractivity contribution in [2.45, 2.75) is 19.8 Å². The molecule has 4 nitrogen and oxygen atoms in total. The van der Waals surface area contributed by atoms with Gasteiger partial charge < -0.3 is 5.32 Å². The Morgan fingerprint density at radius 1 is 1.30 bits per heavy atom. The third kappa shape index (κ3) is 2.80. The number of rotatable bonds is 3. The SMILES string of the molecule is Cc1cc(NC(=O)CN2CCCC2)c2ccccc2n1. The van der Waals surface area contributed by atoms with E-state index in [1.54, 1.807) is 0 Å². The van der Waals surface area contributed by atoms with Crippen molar-refractivity contribution in [3.05, 3.63) is 36.0 Å². The largest absolute Gasteiger partial charge is 0.324 e. The Labute approximate surface area is 118 Å². The molecule has 1 amide bonds. The Balaban J connectivity index is 1.81. The highest BCUT2D eigenvalue weighted by atomic mass is 16.2. The first kappa shape index (κ1) is 13.1. The first-order valence-electron chi connectivity index (χ1n) is 7.11. The number of fused-ring (bicyclic) bond motifs is 1. The van der Waals surface area contributed by atoms with Crippen LogP contribution in [0.25, 0.3) is 10.9 Å². The van der Waals surface area contributed by atoms with Gasteiger partial charge in [0.05, 0.1) is 17.7 Å². The molecule has 0 atom stereocenters. The Morgan fingerprint density at radius 3 is 2.85 bits per heavy atom. The molecule has 104 valence electrons. The van der Waals surface area contributed by atoms with Crippen LogP contribution in [-0.2, 0) is 4.79 Å². The van der Waals surface area contributed by atoms with Crippen molar-refractivity contribution in [2.75, 3.05) is 25.0 Å². The van der Waals surface area contributed by atoms with Gasteiger partial charge in [0, 0.05) is 11.1 Å². The normalized spacial score (nSPS) is 15.7. The van der Waals surface area contributed by atoms with Gasteiger partial charge in [-0.3, -0.25) is 14.7 Å². The predicted octanol–water partition coefficient (Wildman–Crippen LogP) is 2.58. The summed E-state index contributed by atoms with van der Waals surface area (Å²) < 4.78 is 0. The molecular weight excluding hydrogens is 250 g/mol. The van der Waals surface area contributed by atoms with E-state index in [0.29, 0.717) is 6.54 Å². The zero-order chi connectivity index (χ0) is 13.9. The smallest absolute Gasteiger partial charge is 0.238 e. The van der Waals surface area contributed by atoms with Crippen LogP contribution in [0, 0.1) is 6.92 Å². The zero-order valence-corrected chi connectivity index (χ0v) is 11.7. The highest BCUT2D eigenvalue weighted by Crippen LogP contribution is 2.22. The van der Waals surface area contributed by atoms with Crippen molar-refractivity contribution in [1.82, 2.24) is 9.88 Å². The number of nitrogens with zero attached hydrogens (tertiary/aromatic N) is 2. The van der Waals surface area contributed by atoms with Crippen LogP contribution in [0.5, 0.6) is 0 Å². The summed E-state index contributed by atoms with van der Waals surface area (Å²) in [6.07, 6.45) is 2.40. The number of hydrogen-bond acceptors (Lipinski definition) is 3. The van der Waals surface area contributed by atoms with Crippen LogP contribution in [0.15, 0.2) is 30.3 Å². The summed E-state index contributed by atoms with van der Waals surface area (Å²) in [4.78, 5) is 18.8. The fourth-order valence-electron chi connectivity index (χ4n) is 2.74. The molecular formula is C16H19N3O. The van der Waals surface area contributed by atoms with Crippen molar-refractivity contribution in [3.8, 4) is 0 Å². The second-order valence-electron chi connectivity index (χ2n) is 5.36. The molecule has 2 heterocycles. The first-order valence-corrected chi connectivity index (χ1v) is 7.11. The van der Waals surface area contributed by atoms with E-state index in [1.807, 2.05) is 37.3 Å². The Bertz CT molecular complexity index is 633. The topological polar surface area (TPSA) is 45.2 Å². The predicted molar refractivity (Wildman–Crippen MR) is 80.8 cm³/mol. The molecule has 3 rings (SSSR count). The molecule has 0 radical (unpaired) electrons. The van der Waals surface area contributed by atoms with Gasteiger partial charge in [-0.15, -0.1) is 0 Å². The highest BCUT2D eigenvalue weighted by Gasteiger charge is 2.15. The quantitative estimate of drug-likeness (QED) is 0.931. The number of aryl methyl sites for hydroxylation is 1. The molecule has 20 heavy (non-hydrogen) atoms. The molecule has 0 aliphatic carbocycles. The molecule has 1 fully saturated rings. The standard InChI is InChI=1S/C16H19N3O/c1-12-10-15(13-6-2-3-7-14(13)17-12)18-16(20)11-19-8-4-5-9-19/h2-3,6-7,10H,4-5,8-9,11H2,1H3,(H,17,18,20). The Kier molecular flexibility index (Phi) is 3.65. The van der Waals surface area contributed by atoms with Crippen molar-refractivity contribution < 1.29 is 4.79 Å². The fourth-order valence-corrected chi connectivity index (χ4v) is 2.74. The monoisotopic (exact) mass is 269 g/mol. The molecule has 1 N–H and O–H groups in total. The van der Waals surface area contributed by atoms with Gasteiger partial charge in [-0.05, 0) is 45.0 Å². The number of benzene rings is 1. The van der Waals surface area contributed by atoms with Crippen molar-refractivity contribution in [2.24, 2.45) is 0 Å². The minimum atomic E-state index is 0.0580. The maximum Gasteiger partial charge on any atom is 0.238 e. The summed E-state index contributed by atoms with van der Waals surface area (Å²) in [7, 11) is 0. The van der Waals surface area contributed by atoms with Crippen LogP contribution in [0.4, 0.5) is 5.69 Å². The highest BCUT2D eigenvalue weighted by molar-refractivity contribution is 6.01. The van der Waals surface area contributed by atoms with Crippen LogP contribution < -0.4 is 5.32 Å². The number of amides is 1. The second-order valence-corrected chi connectivity index (χ2v) is 5.36. The number of hydrogen-bond donors (Lipinski definition) is 1. The van der Waals surface area contributed by atoms with E-state index < -0.39 is 0 Å². The van der Waals surface area contributed by atoms with Crippen molar-refractivity contribution >= 4 is 22.5 Å². The minimum Gasteiger partial charge on any atom is -0.324 e. The van der Waals surface area contributed by atoms with Crippen molar-refractivity contribution in [3.63, 3.8) is 0 Å². The van der Waals surface area contributed by atoms with E-state index >= 15 is 0 Å². The number of anilines is 1. The number of carbonyl (C=O) groups is 1. The third-order valence-corrected chi connectivity index (χ3v) is 3.68. The first-order chi connectivity index (χ1) is 9.72. The lowest BCUT2D eigenvalue weighted by molar-refractivity contribution is -0.117. The maximum absolute atomic E-state index is 12.2.